The highest BCUT2D eigenvalue weighted by Gasteiger charge is 2.33. The number of aromatic nitrogens is 2. The van der Waals surface area contributed by atoms with Gasteiger partial charge in [-0.05, 0) is 16.8 Å². The van der Waals surface area contributed by atoms with E-state index in [1.807, 2.05) is 0 Å². The topological polar surface area (TPSA) is 106 Å². The van der Waals surface area contributed by atoms with E-state index in [-0.39, 0.29) is 12.3 Å². The third-order valence-corrected chi connectivity index (χ3v) is 4.21. The number of piperazine rings is 1. The summed E-state index contributed by atoms with van der Waals surface area (Å²) >= 11 is 0. The van der Waals surface area contributed by atoms with Crippen LogP contribution in [0.15, 0.2) is 28.8 Å². The molecule has 1 aliphatic heterocycles. The first kappa shape index (κ1) is 17.2. The summed E-state index contributed by atoms with van der Waals surface area (Å²) in [5.74, 6) is -0.521. The van der Waals surface area contributed by atoms with Gasteiger partial charge >= 0.3 is 11.6 Å². The number of carbonyl (C=O) groups is 1. The molecule has 0 saturated carbocycles. The van der Waals surface area contributed by atoms with Crippen LogP contribution in [0.5, 0.6) is 11.7 Å². The lowest BCUT2D eigenvalue weighted by Gasteiger charge is -2.33. The van der Waals surface area contributed by atoms with Gasteiger partial charge in [0.15, 0.2) is 5.95 Å². The summed E-state index contributed by atoms with van der Waals surface area (Å²) in [6.45, 7) is 2.91. The number of β-amino-alcohol motifs (C(OH)–C–C–N with tert-alkyl or cyclic N) is 1. The van der Waals surface area contributed by atoms with Crippen molar-refractivity contribution >= 4 is 5.91 Å². The zero-order valence-electron chi connectivity index (χ0n) is 13.9. The van der Waals surface area contributed by atoms with E-state index in [9.17, 15) is 9.90 Å². The highest BCUT2D eigenvalue weighted by atomic mass is 16.6. The fraction of sp³-hybridized carbons (Fsp3) is 0.438. The Morgan fingerprint density at radius 1 is 1.32 bits per heavy atom. The van der Waals surface area contributed by atoms with Gasteiger partial charge in [0.2, 0.25) is 5.69 Å². The molecule has 0 radical (unpaired) electrons. The van der Waals surface area contributed by atoms with E-state index in [0.717, 1.165) is 0 Å². The van der Waals surface area contributed by atoms with Crippen molar-refractivity contribution in [3.05, 3.63) is 30.0 Å². The lowest BCUT2D eigenvalue weighted by atomic mass is 10.2. The number of hydrogen-bond acceptors (Lipinski definition) is 7. The molecule has 9 heteroatoms. The van der Waals surface area contributed by atoms with Crippen LogP contribution in [0.25, 0.3) is 5.69 Å². The van der Waals surface area contributed by atoms with Crippen molar-refractivity contribution in [1.82, 2.24) is 15.1 Å². The van der Waals surface area contributed by atoms with Crippen LogP contribution in [-0.4, -0.2) is 72.5 Å². The molecule has 2 aromatic rings. The SMILES string of the molecule is COc1ccc(-[n+]2noc([O-])c2C(=O)N2CCN(CCO)CC2)cc1. The molecule has 0 atom stereocenters. The fourth-order valence-corrected chi connectivity index (χ4v) is 2.79. The number of ether oxygens (including phenoxy) is 1. The lowest BCUT2D eigenvalue weighted by molar-refractivity contribution is -0.672. The zero-order chi connectivity index (χ0) is 17.8. The third kappa shape index (κ3) is 3.57. The molecular formula is C16H20N4O5. The van der Waals surface area contributed by atoms with E-state index in [0.29, 0.717) is 44.2 Å². The first-order valence-electron chi connectivity index (χ1n) is 8.00. The van der Waals surface area contributed by atoms with Crippen LogP contribution >= 0.6 is 0 Å². The smallest absolute Gasteiger partial charge is 0.327 e. The number of methoxy groups -OCH3 is 1. The minimum absolute atomic E-state index is 0.0851. The predicted octanol–water partition coefficient (Wildman–Crippen LogP) is -1.22. The summed E-state index contributed by atoms with van der Waals surface area (Å²) in [6.07, 6.45) is 0. The predicted molar refractivity (Wildman–Crippen MR) is 83.5 cm³/mol. The van der Waals surface area contributed by atoms with Gasteiger partial charge in [-0.1, -0.05) is 0 Å². The van der Waals surface area contributed by atoms with E-state index in [1.165, 1.54) is 4.68 Å². The summed E-state index contributed by atoms with van der Waals surface area (Å²) in [6, 6.07) is 6.81. The minimum atomic E-state index is -0.765. The Bertz CT molecular complexity index is 723. The van der Waals surface area contributed by atoms with Gasteiger partial charge < -0.3 is 24.4 Å². The lowest BCUT2D eigenvalue weighted by Crippen LogP contribution is -2.52. The maximum absolute atomic E-state index is 12.8. The van der Waals surface area contributed by atoms with Gasteiger partial charge in [0, 0.05) is 44.9 Å². The molecule has 2 heterocycles. The second kappa shape index (κ2) is 7.49. The third-order valence-electron chi connectivity index (χ3n) is 4.21. The van der Waals surface area contributed by atoms with Gasteiger partial charge in [-0.25, -0.2) is 0 Å². The van der Waals surface area contributed by atoms with Gasteiger partial charge in [-0.3, -0.25) is 9.69 Å². The molecule has 1 saturated heterocycles. The number of hydrogen-bond donors (Lipinski definition) is 1. The van der Waals surface area contributed by atoms with Crippen LogP contribution in [0.1, 0.15) is 10.5 Å². The summed E-state index contributed by atoms with van der Waals surface area (Å²) in [5.41, 5.74) is 0.412. The van der Waals surface area contributed by atoms with Crippen molar-refractivity contribution in [3.8, 4) is 17.4 Å². The van der Waals surface area contributed by atoms with E-state index in [1.54, 1.807) is 36.3 Å². The van der Waals surface area contributed by atoms with E-state index in [4.69, 9.17) is 14.4 Å². The molecule has 0 spiro atoms. The van der Waals surface area contributed by atoms with Gasteiger partial charge in [0.25, 0.3) is 0 Å². The van der Waals surface area contributed by atoms with Crippen molar-refractivity contribution in [2.24, 2.45) is 0 Å². The van der Waals surface area contributed by atoms with Crippen molar-refractivity contribution in [2.45, 2.75) is 0 Å². The molecule has 1 fully saturated rings. The van der Waals surface area contributed by atoms with Crippen LogP contribution < -0.4 is 14.5 Å². The average molecular weight is 348 g/mol. The highest BCUT2D eigenvalue weighted by molar-refractivity contribution is 5.92. The standard InChI is InChI=1S/C16H20N4O5/c1-24-13-4-2-12(3-5-13)20-14(16(23)25-17-20)15(22)19-8-6-18(7-9-19)10-11-21/h2-5,21H,6-11H2,1H3. The fourth-order valence-electron chi connectivity index (χ4n) is 2.79. The number of benzene rings is 1. The monoisotopic (exact) mass is 348 g/mol. The molecule has 0 bridgehead atoms. The molecule has 3 rings (SSSR count). The van der Waals surface area contributed by atoms with Crippen LogP contribution in [0, 0.1) is 0 Å². The Labute approximate surface area is 144 Å². The highest BCUT2D eigenvalue weighted by Crippen LogP contribution is 2.16. The summed E-state index contributed by atoms with van der Waals surface area (Å²) < 4.78 is 11.0. The largest absolute Gasteiger partial charge is 0.538 e. The van der Waals surface area contributed by atoms with E-state index >= 15 is 0 Å². The van der Waals surface area contributed by atoms with Crippen molar-refractivity contribution < 1.29 is 28.9 Å². The summed E-state index contributed by atoms with van der Waals surface area (Å²) in [4.78, 5) is 16.4. The Balaban J connectivity index is 1.80. The number of nitrogens with zero attached hydrogens (tertiary/aromatic N) is 4. The maximum atomic E-state index is 12.8. The molecule has 1 amide bonds. The first-order chi connectivity index (χ1) is 12.1. The van der Waals surface area contributed by atoms with Gasteiger partial charge in [-0.2, -0.15) is 0 Å². The first-order valence-corrected chi connectivity index (χ1v) is 8.00. The molecule has 0 unspecified atom stereocenters. The molecule has 134 valence electrons. The molecular weight excluding hydrogens is 328 g/mol. The number of amides is 1. The molecule has 9 nitrogen and oxygen atoms in total. The van der Waals surface area contributed by atoms with Gasteiger partial charge in [-0.15, -0.1) is 0 Å². The summed E-state index contributed by atoms with van der Waals surface area (Å²) in [7, 11) is 1.55. The Morgan fingerprint density at radius 2 is 2.00 bits per heavy atom. The van der Waals surface area contributed by atoms with Crippen LogP contribution in [0.4, 0.5) is 0 Å². The van der Waals surface area contributed by atoms with Crippen LogP contribution in [0.3, 0.4) is 0 Å². The quantitative estimate of drug-likeness (QED) is 0.675. The van der Waals surface area contributed by atoms with Crippen molar-refractivity contribution in [3.63, 3.8) is 0 Å². The van der Waals surface area contributed by atoms with Crippen molar-refractivity contribution in [1.29, 1.82) is 0 Å². The van der Waals surface area contributed by atoms with Crippen molar-refractivity contribution in [2.75, 3.05) is 46.4 Å². The zero-order valence-corrected chi connectivity index (χ0v) is 13.9. The molecule has 1 aromatic carbocycles. The Hall–Kier alpha value is -2.65. The molecule has 1 N–H and O–H groups in total. The van der Waals surface area contributed by atoms with E-state index < -0.39 is 11.9 Å². The average Bonchev–Trinajstić information content (AvgIpc) is 3.03. The maximum Gasteiger partial charge on any atom is 0.327 e. The number of aliphatic hydroxyl groups is 1. The van der Waals surface area contributed by atoms with Crippen LogP contribution in [0.2, 0.25) is 0 Å². The van der Waals surface area contributed by atoms with Gasteiger partial charge in [0.1, 0.15) is 5.75 Å². The summed E-state index contributed by atoms with van der Waals surface area (Å²) in [5, 5.41) is 24.7. The van der Waals surface area contributed by atoms with E-state index in [2.05, 4.69) is 10.2 Å². The molecule has 25 heavy (non-hydrogen) atoms. The second-order valence-corrected chi connectivity index (χ2v) is 5.68. The molecule has 1 aliphatic rings. The normalized spacial score (nSPS) is 15.4. The Morgan fingerprint density at radius 3 is 2.60 bits per heavy atom. The number of rotatable bonds is 5. The van der Waals surface area contributed by atoms with Crippen LogP contribution in [-0.2, 0) is 0 Å². The molecule has 1 aromatic heterocycles. The number of aliphatic hydroxyl groups excluding tert-OH is 1. The number of carbonyl (C=O) groups excluding carboxylic acids is 1. The second-order valence-electron chi connectivity index (χ2n) is 5.68. The Kier molecular flexibility index (Phi) is 5.15. The molecule has 0 aliphatic carbocycles. The minimum Gasteiger partial charge on any atom is -0.538 e. The van der Waals surface area contributed by atoms with Gasteiger partial charge in [0.05, 0.1) is 19.0 Å².